The number of ether oxygens (including phenoxy) is 1. The van der Waals surface area contributed by atoms with E-state index in [1.54, 1.807) is 0 Å². The number of carbonyl (C=O) groups excluding carboxylic acids is 2. The van der Waals surface area contributed by atoms with E-state index in [1.165, 1.54) is 24.9 Å². The van der Waals surface area contributed by atoms with E-state index in [9.17, 15) is 14.0 Å². The Balaban J connectivity index is 2.08. The number of rotatable bonds is 6. The summed E-state index contributed by atoms with van der Waals surface area (Å²) in [6.45, 7) is 0. The summed E-state index contributed by atoms with van der Waals surface area (Å²) in [7, 11) is 1.35. The molecule has 1 aromatic carbocycles. The highest BCUT2D eigenvalue weighted by molar-refractivity contribution is 7.99. The fourth-order valence-electron chi connectivity index (χ4n) is 2.05. The van der Waals surface area contributed by atoms with Gasteiger partial charge in [0, 0.05) is 16.3 Å². The maximum atomic E-state index is 13.9. The highest BCUT2D eigenvalue weighted by Gasteiger charge is 2.44. The van der Waals surface area contributed by atoms with Gasteiger partial charge in [-0.05, 0) is 30.4 Å². The first-order chi connectivity index (χ1) is 9.87. The molecule has 7 heteroatoms. The Morgan fingerprint density at radius 1 is 1.43 bits per heavy atom. The molecule has 1 aliphatic rings. The number of nitrogen functional groups attached to an aromatic ring is 1. The Kier molecular flexibility index (Phi) is 4.41. The molecule has 1 saturated carbocycles. The largest absolute Gasteiger partial charge is 0.469 e. The number of thioether (sulfide) groups is 1. The van der Waals surface area contributed by atoms with Gasteiger partial charge in [0.05, 0.1) is 19.1 Å². The van der Waals surface area contributed by atoms with Gasteiger partial charge in [-0.3, -0.25) is 9.59 Å². The molecule has 0 aromatic heterocycles. The van der Waals surface area contributed by atoms with Gasteiger partial charge in [0.2, 0.25) is 0 Å². The van der Waals surface area contributed by atoms with Crippen molar-refractivity contribution in [1.82, 2.24) is 0 Å². The smallest absolute Gasteiger partial charge is 0.306 e. The molecule has 1 amide bonds. The van der Waals surface area contributed by atoms with Crippen LogP contribution < -0.4 is 11.5 Å². The van der Waals surface area contributed by atoms with Gasteiger partial charge in [-0.15, -0.1) is 11.8 Å². The van der Waals surface area contributed by atoms with Crippen LogP contribution in [-0.2, 0) is 9.53 Å². The molecule has 1 fully saturated rings. The Labute approximate surface area is 126 Å². The summed E-state index contributed by atoms with van der Waals surface area (Å²) in [5.41, 5.74) is 10.8. The molecule has 4 N–H and O–H groups in total. The zero-order chi connectivity index (χ0) is 15.6. The normalized spacial score (nSPS) is 15.5. The lowest BCUT2D eigenvalue weighted by atomic mass is 10.1. The number of halogens is 1. The molecule has 0 bridgehead atoms. The van der Waals surface area contributed by atoms with Gasteiger partial charge in [0.25, 0.3) is 5.91 Å². The minimum Gasteiger partial charge on any atom is -0.469 e. The fraction of sp³-hybridized carbons (Fsp3) is 0.429. The number of hydrogen-bond donors (Lipinski definition) is 2. The minimum atomic E-state index is -0.690. The van der Waals surface area contributed by atoms with E-state index < -0.39 is 11.7 Å². The summed E-state index contributed by atoms with van der Waals surface area (Å²) in [5.74, 6) is -0.855. The summed E-state index contributed by atoms with van der Waals surface area (Å²) in [4.78, 5) is 22.9. The maximum absolute atomic E-state index is 13.9. The van der Waals surface area contributed by atoms with Crippen LogP contribution in [0.4, 0.5) is 10.1 Å². The zero-order valence-corrected chi connectivity index (χ0v) is 12.5. The van der Waals surface area contributed by atoms with E-state index in [4.69, 9.17) is 11.5 Å². The second kappa shape index (κ2) is 5.93. The van der Waals surface area contributed by atoms with E-state index in [0.29, 0.717) is 17.1 Å². The van der Waals surface area contributed by atoms with Gasteiger partial charge in [-0.25, -0.2) is 4.39 Å². The van der Waals surface area contributed by atoms with Gasteiger partial charge >= 0.3 is 5.97 Å². The highest BCUT2D eigenvalue weighted by atomic mass is 32.2. The summed E-state index contributed by atoms with van der Waals surface area (Å²) in [6.07, 6.45) is 2.15. The first kappa shape index (κ1) is 15.6. The van der Waals surface area contributed by atoms with Crippen LogP contribution in [0.1, 0.15) is 29.6 Å². The number of nitrogens with two attached hydrogens (primary N) is 2. The third-order valence-corrected chi connectivity index (χ3v) is 4.99. The van der Waals surface area contributed by atoms with Crippen LogP contribution in [0.2, 0.25) is 0 Å². The number of primary amides is 1. The topological polar surface area (TPSA) is 95.4 Å². The first-order valence-electron chi connectivity index (χ1n) is 6.45. The van der Waals surface area contributed by atoms with Gasteiger partial charge in [-0.2, -0.15) is 0 Å². The third kappa shape index (κ3) is 3.66. The maximum Gasteiger partial charge on any atom is 0.306 e. The second-order valence-electron chi connectivity index (χ2n) is 5.28. The van der Waals surface area contributed by atoms with Gasteiger partial charge in [0.15, 0.2) is 0 Å². The van der Waals surface area contributed by atoms with Crippen LogP contribution in [-0.4, -0.2) is 24.7 Å². The number of methoxy groups -OCH3 is 1. The molecular weight excluding hydrogens is 295 g/mol. The second-order valence-corrected chi connectivity index (χ2v) is 6.29. The average Bonchev–Trinajstić information content (AvgIpc) is 3.17. The number of esters is 1. The molecule has 0 spiro atoms. The van der Waals surface area contributed by atoms with E-state index in [1.807, 2.05) is 0 Å². The van der Waals surface area contributed by atoms with Crippen molar-refractivity contribution in [3.05, 3.63) is 23.5 Å². The lowest BCUT2D eigenvalue weighted by Crippen LogP contribution is -2.15. The van der Waals surface area contributed by atoms with Crippen molar-refractivity contribution in [2.75, 3.05) is 18.6 Å². The molecule has 0 heterocycles. The van der Waals surface area contributed by atoms with E-state index in [-0.39, 0.29) is 22.6 Å². The number of hydrogen-bond acceptors (Lipinski definition) is 5. The molecule has 0 aliphatic heterocycles. The minimum absolute atomic E-state index is 0.0278. The van der Waals surface area contributed by atoms with Crippen molar-refractivity contribution in [2.24, 2.45) is 11.1 Å². The van der Waals surface area contributed by atoms with Crippen molar-refractivity contribution >= 4 is 29.3 Å². The molecule has 1 aromatic rings. The lowest BCUT2D eigenvalue weighted by molar-refractivity contribution is -0.141. The van der Waals surface area contributed by atoms with Crippen molar-refractivity contribution in [2.45, 2.75) is 24.2 Å². The lowest BCUT2D eigenvalue weighted by Gasteiger charge is -2.14. The molecule has 0 unspecified atom stereocenters. The first-order valence-corrected chi connectivity index (χ1v) is 7.44. The van der Waals surface area contributed by atoms with Crippen LogP contribution in [0.5, 0.6) is 0 Å². The summed E-state index contributed by atoms with van der Waals surface area (Å²) >= 11 is 1.26. The number of carbonyl (C=O) groups is 2. The monoisotopic (exact) mass is 312 g/mol. The quantitative estimate of drug-likeness (QED) is 0.475. The number of anilines is 1. The predicted molar refractivity (Wildman–Crippen MR) is 78.4 cm³/mol. The molecule has 5 nitrogen and oxygen atoms in total. The van der Waals surface area contributed by atoms with Crippen LogP contribution in [0.25, 0.3) is 0 Å². The van der Waals surface area contributed by atoms with E-state index in [2.05, 4.69) is 4.74 Å². The van der Waals surface area contributed by atoms with E-state index in [0.717, 1.165) is 18.9 Å². The van der Waals surface area contributed by atoms with Crippen molar-refractivity contribution in [3.8, 4) is 0 Å². The molecular formula is C14H17FN2O3S. The summed E-state index contributed by atoms with van der Waals surface area (Å²) < 4.78 is 18.5. The Hall–Kier alpha value is -1.76. The molecule has 21 heavy (non-hydrogen) atoms. The molecule has 0 atom stereocenters. The van der Waals surface area contributed by atoms with Crippen LogP contribution in [0, 0.1) is 11.2 Å². The summed E-state index contributed by atoms with van der Waals surface area (Å²) in [6, 6.07) is 2.47. The van der Waals surface area contributed by atoms with Gasteiger partial charge in [-0.1, -0.05) is 0 Å². The predicted octanol–water partition coefficient (Wildman–Crippen LogP) is 1.94. The molecule has 0 saturated heterocycles. The Morgan fingerprint density at radius 2 is 2.10 bits per heavy atom. The van der Waals surface area contributed by atoms with Crippen LogP contribution in [0.3, 0.4) is 0 Å². The van der Waals surface area contributed by atoms with Crippen LogP contribution in [0.15, 0.2) is 17.0 Å². The Bertz CT molecular complexity index is 588. The Morgan fingerprint density at radius 3 is 2.62 bits per heavy atom. The van der Waals surface area contributed by atoms with Gasteiger partial charge in [0.1, 0.15) is 5.82 Å². The average molecular weight is 312 g/mol. The highest BCUT2D eigenvalue weighted by Crippen LogP contribution is 2.52. The molecule has 1 aliphatic carbocycles. The standard InChI is InChI=1S/C14H17FN2O3S/c1-20-12(18)6-14(2-3-14)7-21-11-4-8(13(17)19)10(16)5-9(11)15/h4-5H,2-3,6-7,16H2,1H3,(H2,17,19). The fourth-order valence-corrected chi connectivity index (χ4v) is 3.30. The SMILES string of the molecule is COC(=O)CC1(CSc2cc(C(N)=O)c(N)cc2F)CC1. The van der Waals surface area contributed by atoms with Crippen LogP contribution >= 0.6 is 11.8 Å². The molecule has 0 radical (unpaired) electrons. The third-order valence-electron chi connectivity index (χ3n) is 3.61. The van der Waals surface area contributed by atoms with Crippen molar-refractivity contribution in [1.29, 1.82) is 0 Å². The van der Waals surface area contributed by atoms with Gasteiger partial charge < -0.3 is 16.2 Å². The number of benzene rings is 1. The van der Waals surface area contributed by atoms with Crippen molar-refractivity contribution < 1.29 is 18.7 Å². The molecule has 114 valence electrons. The summed E-state index contributed by atoms with van der Waals surface area (Å²) in [5, 5.41) is 0. The zero-order valence-electron chi connectivity index (χ0n) is 11.6. The van der Waals surface area contributed by atoms with E-state index >= 15 is 0 Å². The number of amides is 1. The van der Waals surface area contributed by atoms with Crippen molar-refractivity contribution in [3.63, 3.8) is 0 Å². The molecule has 2 rings (SSSR count).